The summed E-state index contributed by atoms with van der Waals surface area (Å²) in [6.45, 7) is 5.52. The molecule has 31 nitrogen and oxygen atoms in total. The van der Waals surface area contributed by atoms with Crippen LogP contribution in [0.4, 0.5) is 0 Å². The van der Waals surface area contributed by atoms with E-state index in [0.717, 1.165) is 5.75 Å². The lowest BCUT2D eigenvalue weighted by Crippen LogP contribution is -2.39. The molecular weight excluding hydrogens is 971 g/mol. The molecule has 30 N–H and O–H groups in total. The number of nitrogens with two attached hydrogens (primary N) is 9. The van der Waals surface area contributed by atoms with Gasteiger partial charge in [-0.2, -0.15) is 11.8 Å². The quantitative estimate of drug-likeness (QED) is 0.0335. The van der Waals surface area contributed by atoms with Gasteiger partial charge in [0.2, 0.25) is 0 Å². The fourth-order valence-electron chi connectivity index (χ4n) is 1.73. The van der Waals surface area contributed by atoms with Crippen molar-refractivity contribution in [2.45, 2.75) is 101 Å². The highest BCUT2D eigenvalue weighted by atomic mass is 33.1. The maximum atomic E-state index is 10.3. The SMILES string of the molecule is CC(C)C(N)C(=O)O.CC(N)C(=O)O.CC(O)C(N)C(=O)O.CSCCC(N)C(=O)O.NC(CCC(=O)O)C(=O)O.NC(CO)C(=O)O.NC(CSSCC(N)C(=O)O)C(=O)O.NCC(=O)O. The lowest BCUT2D eigenvalue weighted by Gasteiger charge is -2.07. The van der Waals surface area contributed by atoms with Gasteiger partial charge in [-0.25, -0.2) is 0 Å². The van der Waals surface area contributed by atoms with E-state index in [1.807, 2.05) is 6.26 Å². The maximum absolute atomic E-state index is 10.3. The Balaban J connectivity index is -0.000000101. The van der Waals surface area contributed by atoms with Crippen LogP contribution in [0.3, 0.4) is 0 Å². The van der Waals surface area contributed by atoms with Crippen molar-refractivity contribution in [3.63, 3.8) is 0 Å². The van der Waals surface area contributed by atoms with Gasteiger partial charge in [0.05, 0.1) is 19.3 Å². The van der Waals surface area contributed by atoms with E-state index < -0.39 is 121 Å². The van der Waals surface area contributed by atoms with Gasteiger partial charge in [-0.3, -0.25) is 47.9 Å². The Morgan fingerprint density at radius 3 is 0.896 bits per heavy atom. The Labute approximate surface area is 396 Å². The molecule has 67 heavy (non-hydrogen) atoms. The molecule has 0 heterocycles. The Bertz CT molecular complexity index is 1360. The van der Waals surface area contributed by atoms with Crippen molar-refractivity contribution in [1.82, 2.24) is 0 Å². The summed E-state index contributed by atoms with van der Waals surface area (Å²) in [5.74, 6) is -9.18. The van der Waals surface area contributed by atoms with Gasteiger partial charge in [-0.05, 0) is 44.6 Å². The van der Waals surface area contributed by atoms with Crippen LogP contribution in [-0.2, 0) is 47.9 Å². The third-order valence-corrected chi connectivity index (χ3v) is 9.15. The molecule has 0 radical (unpaired) electrons. The molecule has 0 spiro atoms. The molecule has 0 fully saturated rings. The molecule has 0 aromatic heterocycles. The highest BCUT2D eigenvalue weighted by molar-refractivity contribution is 8.76. The average Bonchev–Trinajstić information content (AvgIpc) is 3.23. The minimum Gasteiger partial charge on any atom is -0.481 e. The molecule has 34 heteroatoms. The Kier molecular flexibility index (Phi) is 60.1. The highest BCUT2D eigenvalue weighted by Crippen LogP contribution is 2.22. The van der Waals surface area contributed by atoms with E-state index in [1.165, 1.54) is 35.4 Å². The largest absolute Gasteiger partial charge is 0.481 e. The van der Waals surface area contributed by atoms with Crippen LogP contribution >= 0.6 is 33.3 Å². The van der Waals surface area contributed by atoms with Gasteiger partial charge < -0.3 is 113 Å². The van der Waals surface area contributed by atoms with Crippen molar-refractivity contribution in [1.29, 1.82) is 0 Å². The first-order valence-corrected chi connectivity index (χ1v) is 22.3. The minimum absolute atomic E-state index is 0.0208. The number of hydrogen-bond acceptors (Lipinski definition) is 24. The zero-order valence-electron chi connectivity index (χ0n) is 37.3. The number of aliphatic carboxylic acids is 10. The molecule has 0 rings (SSSR count). The minimum atomic E-state index is -1.18. The van der Waals surface area contributed by atoms with Crippen LogP contribution in [-0.4, -0.2) is 212 Å². The first-order valence-electron chi connectivity index (χ1n) is 18.4. The number of hydrogen-bond donors (Lipinski definition) is 21. The summed E-state index contributed by atoms with van der Waals surface area (Å²) < 4.78 is 0. The lowest BCUT2D eigenvalue weighted by atomic mass is 10.1. The first-order chi connectivity index (χ1) is 30.4. The molecule has 9 unspecified atom stereocenters. The van der Waals surface area contributed by atoms with Crippen molar-refractivity contribution in [2.24, 2.45) is 57.5 Å². The van der Waals surface area contributed by atoms with Crippen molar-refractivity contribution < 1.29 is 109 Å². The van der Waals surface area contributed by atoms with Gasteiger partial charge in [0, 0.05) is 17.9 Å². The molecular formula is C33H71N9O22S3. The molecule has 0 bridgehead atoms. The third-order valence-electron chi connectivity index (χ3n) is 6.04. The van der Waals surface area contributed by atoms with E-state index in [4.69, 9.17) is 107 Å². The summed E-state index contributed by atoms with van der Waals surface area (Å²) in [6, 6.07) is -7.31. The molecule has 0 amide bonds. The zero-order chi connectivity index (χ0) is 55.3. The van der Waals surface area contributed by atoms with Crippen molar-refractivity contribution in [3.05, 3.63) is 0 Å². The van der Waals surface area contributed by atoms with Gasteiger partial charge in [0.25, 0.3) is 0 Å². The third kappa shape index (κ3) is 70.5. The summed E-state index contributed by atoms with van der Waals surface area (Å²) in [5, 5.41) is 97.5. The number of carboxylic acid groups (broad SMARTS) is 10. The van der Waals surface area contributed by atoms with E-state index >= 15 is 0 Å². The predicted molar refractivity (Wildman–Crippen MR) is 246 cm³/mol. The highest BCUT2D eigenvalue weighted by Gasteiger charge is 2.17. The maximum Gasteiger partial charge on any atom is 0.323 e. The number of thioether (sulfide) groups is 1. The van der Waals surface area contributed by atoms with Crippen LogP contribution in [0.1, 0.15) is 47.0 Å². The summed E-state index contributed by atoms with van der Waals surface area (Å²) in [5.41, 5.74) is 44.9. The fourth-order valence-corrected chi connectivity index (χ4v) is 4.44. The molecule has 0 saturated heterocycles. The number of aliphatic hydroxyl groups excluding tert-OH is 2. The second-order valence-corrected chi connectivity index (χ2v) is 16.2. The van der Waals surface area contributed by atoms with Gasteiger partial charge in [-0.15, -0.1) is 0 Å². The Morgan fingerprint density at radius 1 is 0.463 bits per heavy atom. The van der Waals surface area contributed by atoms with Gasteiger partial charge >= 0.3 is 59.7 Å². The average molecular weight is 1040 g/mol. The van der Waals surface area contributed by atoms with Crippen LogP contribution in [0.2, 0.25) is 0 Å². The van der Waals surface area contributed by atoms with Crippen LogP contribution in [0.15, 0.2) is 0 Å². The molecule has 0 aromatic rings. The number of carbonyl (C=O) groups is 10. The predicted octanol–water partition coefficient (Wildman–Crippen LogP) is -5.72. The van der Waals surface area contributed by atoms with E-state index in [-0.39, 0.29) is 36.8 Å². The smallest absolute Gasteiger partial charge is 0.323 e. The molecule has 0 aliphatic rings. The Morgan fingerprint density at radius 2 is 0.761 bits per heavy atom. The topological polar surface area (TPSA) is 648 Å². The van der Waals surface area contributed by atoms with Crippen molar-refractivity contribution in [2.75, 3.05) is 36.7 Å². The van der Waals surface area contributed by atoms with E-state index in [9.17, 15) is 47.9 Å². The molecule has 9 atom stereocenters. The van der Waals surface area contributed by atoms with Gasteiger partial charge in [0.1, 0.15) is 48.3 Å². The molecule has 398 valence electrons. The second kappa shape index (κ2) is 50.7. The van der Waals surface area contributed by atoms with Crippen LogP contribution < -0.4 is 51.6 Å². The number of carboxylic acids is 10. The lowest BCUT2D eigenvalue weighted by molar-refractivity contribution is -0.141. The van der Waals surface area contributed by atoms with Crippen molar-refractivity contribution in [3.8, 4) is 0 Å². The monoisotopic (exact) mass is 1040 g/mol. The second-order valence-electron chi connectivity index (χ2n) is 12.6. The van der Waals surface area contributed by atoms with Crippen LogP contribution in [0.25, 0.3) is 0 Å². The zero-order valence-corrected chi connectivity index (χ0v) is 39.7. The van der Waals surface area contributed by atoms with E-state index in [0.29, 0.717) is 6.42 Å². The van der Waals surface area contributed by atoms with E-state index in [1.54, 1.807) is 25.6 Å². The summed E-state index contributed by atoms with van der Waals surface area (Å²) >= 11 is 1.60. The summed E-state index contributed by atoms with van der Waals surface area (Å²) in [4.78, 5) is 98.8. The van der Waals surface area contributed by atoms with Crippen LogP contribution in [0, 0.1) is 5.92 Å². The summed E-state index contributed by atoms with van der Waals surface area (Å²) in [6.07, 6.45) is 1.27. The first kappa shape index (κ1) is 79.4. The fraction of sp³-hybridized carbons (Fsp3) is 0.697. The number of rotatable bonds is 23. The van der Waals surface area contributed by atoms with Gasteiger partial charge in [-0.1, -0.05) is 35.4 Å². The molecule has 0 aliphatic carbocycles. The van der Waals surface area contributed by atoms with Gasteiger partial charge in [0.15, 0.2) is 0 Å². The molecule has 0 saturated carbocycles. The molecule has 0 aliphatic heterocycles. The van der Waals surface area contributed by atoms with Crippen molar-refractivity contribution >= 4 is 93.0 Å². The molecule has 0 aromatic carbocycles. The van der Waals surface area contributed by atoms with Crippen LogP contribution in [0.5, 0.6) is 0 Å². The van der Waals surface area contributed by atoms with E-state index in [2.05, 4.69) is 5.73 Å². The normalized spacial score (nSPS) is 13.6. The summed E-state index contributed by atoms with van der Waals surface area (Å²) in [7, 11) is 2.41. The Hall–Kier alpha value is -4.69. The number of aliphatic hydroxyl groups is 2. The standard InChI is InChI=1S/C6H12N2O4S2.C5H9NO4.C5H11NO2S.C5H11NO2.C4H9NO3.C3H7NO3.C3H7NO2.C2H5NO2/c7-3(5(9)10)1-13-14-2-4(8)6(11)12;6-3(5(9)10)1-2-4(7)8;1-9-3-2-4(6)5(7)8;1-3(2)4(6)5(7)8;1-2(6)3(5)4(7)8;4-2(1-5)3(6)7;1-2(4)3(5)6;3-1-2(4)5/h3-4H,1-2,7-8H2,(H,9,10)(H,11,12);3H,1-2,6H2,(H,7,8)(H,9,10);4H,2-3,6H2,1H3,(H,7,8);3-4H,6H2,1-2H3,(H,7,8);2-3,6H,5H2,1H3,(H,7,8);2,5H,1,4H2,(H,6,7);2H,4H2,1H3,(H,5,6);1,3H2,(H,4,5).